The van der Waals surface area contributed by atoms with Crippen LogP contribution in [0.15, 0.2) is 47.1 Å². The second-order valence-corrected chi connectivity index (χ2v) is 7.53. The fraction of sp³-hybridized carbons (Fsp3) is 0.320. The lowest BCUT2D eigenvalue weighted by Gasteiger charge is -2.26. The predicted molar refractivity (Wildman–Crippen MR) is 122 cm³/mol. The Morgan fingerprint density at radius 3 is 2.41 bits per heavy atom. The zero-order valence-corrected chi connectivity index (χ0v) is 18.8. The summed E-state index contributed by atoms with van der Waals surface area (Å²) in [6.45, 7) is 4.23. The number of fused-ring (bicyclic) bond motifs is 1. The molecule has 1 aliphatic heterocycles. The fourth-order valence-electron chi connectivity index (χ4n) is 3.90. The van der Waals surface area contributed by atoms with Crippen molar-refractivity contribution in [2.24, 2.45) is 0 Å². The summed E-state index contributed by atoms with van der Waals surface area (Å²) in [6, 6.07) is 9.46. The molecule has 1 aliphatic rings. The molecule has 0 radical (unpaired) electrons. The van der Waals surface area contributed by atoms with Gasteiger partial charge in [0.15, 0.2) is 0 Å². The van der Waals surface area contributed by atoms with Gasteiger partial charge in [-0.3, -0.25) is 4.79 Å². The van der Waals surface area contributed by atoms with Crippen LogP contribution < -0.4 is 14.2 Å². The molecule has 2 heterocycles. The number of morpholine rings is 1. The van der Waals surface area contributed by atoms with Gasteiger partial charge in [0.05, 0.1) is 40.8 Å². The molecular weight excluding hydrogens is 410 g/mol. The standard InChI is InChI=1S/C25H27NO6/c1-16(11-25(27)26-7-9-31-10-8-26)18-13-20-21(15-32-24(20)14-23(18)30-4)19-12-17(28-2)5-6-22(19)29-3/h5-6,11-15H,7-10H2,1-4H3/b16-11+. The quantitative estimate of drug-likeness (QED) is 0.533. The van der Waals surface area contributed by atoms with Crippen LogP contribution in [0, 0.1) is 0 Å². The summed E-state index contributed by atoms with van der Waals surface area (Å²) in [5.41, 5.74) is 4.04. The van der Waals surface area contributed by atoms with Crippen LogP contribution in [0.5, 0.6) is 17.2 Å². The van der Waals surface area contributed by atoms with Gasteiger partial charge in [0.2, 0.25) is 5.91 Å². The van der Waals surface area contributed by atoms with Crippen LogP contribution in [0.25, 0.3) is 27.7 Å². The van der Waals surface area contributed by atoms with E-state index in [1.165, 1.54) is 0 Å². The SMILES string of the molecule is COc1ccc(OC)c(-c2coc3cc(OC)c(/C(C)=C/C(=O)N4CCOCC4)cc23)c1. The zero-order chi connectivity index (χ0) is 22.7. The van der Waals surface area contributed by atoms with Crippen LogP contribution in [0.3, 0.4) is 0 Å². The van der Waals surface area contributed by atoms with Gasteiger partial charge in [-0.1, -0.05) is 0 Å². The van der Waals surface area contributed by atoms with E-state index in [0.29, 0.717) is 43.4 Å². The summed E-state index contributed by atoms with van der Waals surface area (Å²) >= 11 is 0. The summed E-state index contributed by atoms with van der Waals surface area (Å²) in [6.07, 6.45) is 3.35. The van der Waals surface area contributed by atoms with Crippen LogP contribution >= 0.6 is 0 Å². The third-order valence-corrected chi connectivity index (χ3v) is 5.68. The van der Waals surface area contributed by atoms with E-state index in [4.69, 9.17) is 23.4 Å². The Kier molecular flexibility index (Phi) is 6.37. The van der Waals surface area contributed by atoms with Crippen molar-refractivity contribution in [3.8, 4) is 28.4 Å². The molecule has 4 rings (SSSR count). The number of ether oxygens (including phenoxy) is 4. The summed E-state index contributed by atoms with van der Waals surface area (Å²) < 4.78 is 27.8. The molecule has 2 aromatic carbocycles. The van der Waals surface area contributed by atoms with Crippen molar-refractivity contribution in [3.63, 3.8) is 0 Å². The number of hydrogen-bond acceptors (Lipinski definition) is 6. The van der Waals surface area contributed by atoms with Gasteiger partial charge in [-0.05, 0) is 36.8 Å². The van der Waals surface area contributed by atoms with Crippen LogP contribution in [0.4, 0.5) is 0 Å². The smallest absolute Gasteiger partial charge is 0.247 e. The molecule has 1 fully saturated rings. The molecule has 1 amide bonds. The number of carbonyl (C=O) groups is 1. The van der Waals surface area contributed by atoms with Crippen molar-refractivity contribution < 1.29 is 28.2 Å². The zero-order valence-electron chi connectivity index (χ0n) is 18.8. The third kappa shape index (κ3) is 4.16. The molecule has 1 saturated heterocycles. The van der Waals surface area contributed by atoms with Gasteiger partial charge >= 0.3 is 0 Å². The third-order valence-electron chi connectivity index (χ3n) is 5.68. The largest absolute Gasteiger partial charge is 0.497 e. The van der Waals surface area contributed by atoms with Crippen molar-refractivity contribution in [1.29, 1.82) is 0 Å². The number of benzene rings is 2. The number of allylic oxidation sites excluding steroid dienone is 1. The van der Waals surface area contributed by atoms with Crippen molar-refractivity contribution in [2.75, 3.05) is 47.6 Å². The molecule has 0 bridgehead atoms. The Hall–Kier alpha value is -3.45. The average molecular weight is 437 g/mol. The topological polar surface area (TPSA) is 70.4 Å². The number of hydrogen-bond donors (Lipinski definition) is 0. The maximum atomic E-state index is 12.7. The molecule has 0 spiro atoms. The first kappa shape index (κ1) is 21.8. The first-order valence-electron chi connectivity index (χ1n) is 10.4. The lowest BCUT2D eigenvalue weighted by molar-refractivity contribution is -0.129. The normalized spacial score (nSPS) is 14.5. The van der Waals surface area contributed by atoms with E-state index < -0.39 is 0 Å². The minimum atomic E-state index is -0.0326. The van der Waals surface area contributed by atoms with Gasteiger partial charge in [0.25, 0.3) is 0 Å². The van der Waals surface area contributed by atoms with E-state index in [0.717, 1.165) is 33.4 Å². The van der Waals surface area contributed by atoms with Gasteiger partial charge in [-0.2, -0.15) is 0 Å². The fourth-order valence-corrected chi connectivity index (χ4v) is 3.90. The Morgan fingerprint density at radius 1 is 0.969 bits per heavy atom. The van der Waals surface area contributed by atoms with Crippen molar-refractivity contribution in [2.45, 2.75) is 6.92 Å². The van der Waals surface area contributed by atoms with Gasteiger partial charge < -0.3 is 28.3 Å². The number of methoxy groups -OCH3 is 3. The molecule has 0 N–H and O–H groups in total. The molecule has 0 aliphatic carbocycles. The lowest BCUT2D eigenvalue weighted by atomic mass is 9.98. The highest BCUT2D eigenvalue weighted by atomic mass is 16.5. The highest BCUT2D eigenvalue weighted by Gasteiger charge is 2.19. The Bertz CT molecular complexity index is 1160. The Balaban J connectivity index is 1.79. The van der Waals surface area contributed by atoms with Crippen molar-refractivity contribution in [1.82, 2.24) is 4.90 Å². The second kappa shape index (κ2) is 9.36. The van der Waals surface area contributed by atoms with E-state index in [9.17, 15) is 4.79 Å². The van der Waals surface area contributed by atoms with Gasteiger partial charge in [0, 0.05) is 47.3 Å². The van der Waals surface area contributed by atoms with Gasteiger partial charge in [0.1, 0.15) is 22.8 Å². The van der Waals surface area contributed by atoms with E-state index >= 15 is 0 Å². The molecule has 168 valence electrons. The maximum Gasteiger partial charge on any atom is 0.247 e. The first-order chi connectivity index (χ1) is 15.5. The molecule has 0 atom stereocenters. The van der Waals surface area contributed by atoms with Crippen LogP contribution in [-0.4, -0.2) is 58.4 Å². The molecular formula is C25H27NO6. The summed E-state index contributed by atoms with van der Waals surface area (Å²) in [7, 11) is 4.87. The maximum absolute atomic E-state index is 12.7. The van der Waals surface area contributed by atoms with Crippen LogP contribution in [0.2, 0.25) is 0 Å². The summed E-state index contributed by atoms with van der Waals surface area (Å²) in [5, 5.41) is 0.888. The monoisotopic (exact) mass is 437 g/mol. The van der Waals surface area contributed by atoms with Crippen molar-refractivity contribution in [3.05, 3.63) is 48.2 Å². The number of carbonyl (C=O) groups excluding carboxylic acids is 1. The van der Waals surface area contributed by atoms with Crippen molar-refractivity contribution >= 4 is 22.4 Å². The summed E-state index contributed by atoms with van der Waals surface area (Å²) in [5.74, 6) is 2.03. The number of furan rings is 1. The molecule has 7 nitrogen and oxygen atoms in total. The molecule has 3 aromatic rings. The average Bonchev–Trinajstić information content (AvgIpc) is 3.25. The number of rotatable bonds is 6. The highest BCUT2D eigenvalue weighted by molar-refractivity contribution is 6.01. The predicted octanol–water partition coefficient (Wildman–Crippen LogP) is 4.39. The molecule has 0 saturated carbocycles. The lowest BCUT2D eigenvalue weighted by Crippen LogP contribution is -2.39. The Labute approximate surface area is 187 Å². The minimum Gasteiger partial charge on any atom is -0.497 e. The van der Waals surface area contributed by atoms with Crippen LogP contribution in [0.1, 0.15) is 12.5 Å². The molecule has 32 heavy (non-hydrogen) atoms. The first-order valence-corrected chi connectivity index (χ1v) is 10.4. The summed E-state index contributed by atoms with van der Waals surface area (Å²) in [4.78, 5) is 14.5. The Morgan fingerprint density at radius 2 is 1.72 bits per heavy atom. The second-order valence-electron chi connectivity index (χ2n) is 7.53. The van der Waals surface area contributed by atoms with Gasteiger partial charge in [-0.15, -0.1) is 0 Å². The van der Waals surface area contributed by atoms with E-state index in [2.05, 4.69) is 0 Å². The van der Waals surface area contributed by atoms with E-state index in [1.54, 1.807) is 38.6 Å². The van der Waals surface area contributed by atoms with Crippen LogP contribution in [-0.2, 0) is 9.53 Å². The molecule has 1 aromatic heterocycles. The number of nitrogens with zero attached hydrogens (tertiary/aromatic N) is 1. The highest BCUT2D eigenvalue weighted by Crippen LogP contribution is 2.41. The van der Waals surface area contributed by atoms with Gasteiger partial charge in [-0.25, -0.2) is 0 Å². The molecule has 7 heteroatoms. The van der Waals surface area contributed by atoms with E-state index in [-0.39, 0.29) is 5.91 Å². The number of amides is 1. The molecule has 0 unspecified atom stereocenters. The van der Waals surface area contributed by atoms with E-state index in [1.807, 2.05) is 37.3 Å². The minimum absolute atomic E-state index is 0.0326.